The first kappa shape index (κ1) is 20.4. The fourth-order valence-electron chi connectivity index (χ4n) is 3.46. The summed E-state index contributed by atoms with van der Waals surface area (Å²) in [6.07, 6.45) is 1.53. The second-order valence-electron chi connectivity index (χ2n) is 7.85. The SMILES string of the molecule is Cc1cccnc1C(=O)Nc1ccc(F)c([C@@]2(C)N=C(N)N(C)C(=O)C2(C)C)c1. The minimum atomic E-state index is -1.26. The molecule has 0 saturated carbocycles. The van der Waals surface area contributed by atoms with Crippen LogP contribution in [0, 0.1) is 18.2 Å². The Labute approximate surface area is 168 Å². The Morgan fingerprint density at radius 3 is 2.59 bits per heavy atom. The number of aliphatic imine (C=N–C) groups is 1. The lowest BCUT2D eigenvalue weighted by Gasteiger charge is -2.46. The van der Waals surface area contributed by atoms with Crippen LogP contribution in [-0.4, -0.2) is 34.7 Å². The standard InChI is InChI=1S/C21H24FN5O2/c1-12-7-6-10-24-16(12)17(28)25-13-8-9-15(22)14(11-13)21(4)20(2,3)18(29)27(5)19(23)26-21/h6-11H,1-5H3,(H2,23,26)(H,25,28)/t21-/m1/s1. The van der Waals surface area contributed by atoms with Crippen molar-refractivity contribution in [2.45, 2.75) is 33.2 Å². The van der Waals surface area contributed by atoms with Crippen LogP contribution in [0.4, 0.5) is 10.1 Å². The number of amides is 2. The van der Waals surface area contributed by atoms with Crippen molar-refractivity contribution in [3.63, 3.8) is 0 Å². The molecule has 1 aliphatic heterocycles. The molecule has 2 heterocycles. The van der Waals surface area contributed by atoms with Crippen LogP contribution in [0.25, 0.3) is 0 Å². The van der Waals surface area contributed by atoms with Gasteiger partial charge in [-0.3, -0.25) is 19.5 Å². The van der Waals surface area contributed by atoms with Crippen LogP contribution in [0.1, 0.15) is 42.4 Å². The number of rotatable bonds is 3. The van der Waals surface area contributed by atoms with Gasteiger partial charge >= 0.3 is 0 Å². The average molecular weight is 397 g/mol. The molecule has 1 aromatic heterocycles. The number of aryl methyl sites for hydroxylation is 1. The number of nitrogens with two attached hydrogens (primary N) is 1. The smallest absolute Gasteiger partial charge is 0.274 e. The number of halogens is 1. The van der Waals surface area contributed by atoms with Crippen LogP contribution < -0.4 is 11.1 Å². The highest BCUT2D eigenvalue weighted by Crippen LogP contribution is 2.47. The maximum Gasteiger partial charge on any atom is 0.274 e. The summed E-state index contributed by atoms with van der Waals surface area (Å²) < 4.78 is 14.9. The molecule has 0 unspecified atom stereocenters. The third kappa shape index (κ3) is 3.24. The number of carbonyl (C=O) groups is 2. The second kappa shape index (κ2) is 6.95. The van der Waals surface area contributed by atoms with Gasteiger partial charge in [-0.15, -0.1) is 0 Å². The Bertz CT molecular complexity index is 1030. The maximum atomic E-state index is 14.9. The van der Waals surface area contributed by atoms with Crippen molar-refractivity contribution in [2.24, 2.45) is 16.1 Å². The number of benzene rings is 1. The third-order valence-electron chi connectivity index (χ3n) is 5.71. The van der Waals surface area contributed by atoms with E-state index in [0.717, 1.165) is 5.56 Å². The lowest BCUT2D eigenvalue weighted by molar-refractivity contribution is -0.140. The first-order valence-electron chi connectivity index (χ1n) is 9.15. The van der Waals surface area contributed by atoms with E-state index in [-0.39, 0.29) is 23.1 Å². The van der Waals surface area contributed by atoms with Gasteiger partial charge < -0.3 is 11.1 Å². The average Bonchev–Trinajstić information content (AvgIpc) is 2.67. The number of aromatic nitrogens is 1. The Morgan fingerprint density at radius 2 is 1.93 bits per heavy atom. The van der Waals surface area contributed by atoms with E-state index in [9.17, 15) is 14.0 Å². The summed E-state index contributed by atoms with van der Waals surface area (Å²) in [5.74, 6) is -1.21. The first-order valence-corrected chi connectivity index (χ1v) is 9.15. The van der Waals surface area contributed by atoms with Crippen LogP contribution in [0.15, 0.2) is 41.5 Å². The highest BCUT2D eigenvalue weighted by Gasteiger charge is 2.53. The molecule has 1 atom stereocenters. The fourth-order valence-corrected chi connectivity index (χ4v) is 3.46. The van der Waals surface area contributed by atoms with Gasteiger partial charge in [0.25, 0.3) is 5.91 Å². The summed E-state index contributed by atoms with van der Waals surface area (Å²) in [7, 11) is 1.53. The van der Waals surface area contributed by atoms with Crippen LogP contribution in [0.5, 0.6) is 0 Å². The van der Waals surface area contributed by atoms with Crippen molar-refractivity contribution in [2.75, 3.05) is 12.4 Å². The maximum absolute atomic E-state index is 14.9. The number of carbonyl (C=O) groups excluding carboxylic acids is 2. The summed E-state index contributed by atoms with van der Waals surface area (Å²) in [6, 6.07) is 7.71. The van der Waals surface area contributed by atoms with Gasteiger partial charge in [0.15, 0.2) is 5.96 Å². The molecule has 0 bridgehead atoms. The molecular weight excluding hydrogens is 373 g/mol. The summed E-state index contributed by atoms with van der Waals surface area (Å²) >= 11 is 0. The largest absolute Gasteiger partial charge is 0.369 e. The number of guanidine groups is 1. The summed E-state index contributed by atoms with van der Waals surface area (Å²) in [4.78, 5) is 35.2. The number of anilines is 1. The molecule has 0 aliphatic carbocycles. The van der Waals surface area contributed by atoms with Gasteiger partial charge in [-0.1, -0.05) is 6.07 Å². The van der Waals surface area contributed by atoms with E-state index in [2.05, 4.69) is 15.3 Å². The molecular formula is C21H24FN5O2. The van der Waals surface area contributed by atoms with Crippen molar-refractivity contribution >= 4 is 23.5 Å². The molecule has 0 fully saturated rings. The van der Waals surface area contributed by atoms with Gasteiger partial charge in [0.05, 0.1) is 5.41 Å². The van der Waals surface area contributed by atoms with Crippen LogP contribution >= 0.6 is 0 Å². The molecule has 7 nitrogen and oxygen atoms in total. The van der Waals surface area contributed by atoms with Crippen LogP contribution in [0.3, 0.4) is 0 Å². The zero-order valence-corrected chi connectivity index (χ0v) is 17.1. The van der Waals surface area contributed by atoms with E-state index < -0.39 is 22.7 Å². The van der Waals surface area contributed by atoms with Gasteiger partial charge in [-0.25, -0.2) is 9.38 Å². The topological polar surface area (TPSA) is 101 Å². The van der Waals surface area contributed by atoms with Crippen molar-refractivity contribution in [3.8, 4) is 0 Å². The molecule has 2 aromatic rings. The zero-order valence-electron chi connectivity index (χ0n) is 17.1. The number of hydrogen-bond donors (Lipinski definition) is 2. The molecule has 2 amide bonds. The molecule has 0 spiro atoms. The highest BCUT2D eigenvalue weighted by atomic mass is 19.1. The van der Waals surface area contributed by atoms with Gasteiger partial charge in [-0.05, 0) is 57.5 Å². The molecule has 8 heteroatoms. The molecule has 1 aliphatic rings. The van der Waals surface area contributed by atoms with Gasteiger partial charge in [0.1, 0.15) is 17.1 Å². The lowest BCUT2D eigenvalue weighted by Crippen LogP contribution is -2.58. The van der Waals surface area contributed by atoms with Gasteiger partial charge in [0.2, 0.25) is 5.91 Å². The Morgan fingerprint density at radius 1 is 1.24 bits per heavy atom. The van der Waals surface area contributed by atoms with Crippen molar-refractivity contribution in [3.05, 3.63) is 59.2 Å². The third-order valence-corrected chi connectivity index (χ3v) is 5.71. The molecule has 152 valence electrons. The molecule has 0 saturated heterocycles. The minimum Gasteiger partial charge on any atom is -0.369 e. The lowest BCUT2D eigenvalue weighted by atomic mass is 9.67. The van der Waals surface area contributed by atoms with E-state index in [1.807, 2.05) is 0 Å². The molecule has 3 rings (SSSR count). The summed E-state index contributed by atoms with van der Waals surface area (Å²) in [5.41, 5.74) is 5.14. The molecule has 3 N–H and O–H groups in total. The Balaban J connectivity index is 2.05. The monoisotopic (exact) mass is 397 g/mol. The van der Waals surface area contributed by atoms with E-state index in [4.69, 9.17) is 5.73 Å². The zero-order chi connectivity index (χ0) is 21.6. The normalized spacial score (nSPS) is 21.0. The number of nitrogens with one attached hydrogen (secondary N) is 1. The van der Waals surface area contributed by atoms with Crippen molar-refractivity contribution in [1.82, 2.24) is 9.88 Å². The van der Waals surface area contributed by atoms with Crippen LogP contribution in [-0.2, 0) is 10.3 Å². The molecule has 1 aromatic carbocycles. The van der Waals surface area contributed by atoms with Gasteiger partial charge in [-0.2, -0.15) is 0 Å². The minimum absolute atomic E-state index is 0.00905. The van der Waals surface area contributed by atoms with E-state index >= 15 is 0 Å². The first-order chi connectivity index (χ1) is 13.5. The van der Waals surface area contributed by atoms with E-state index in [1.54, 1.807) is 39.8 Å². The predicted molar refractivity (Wildman–Crippen MR) is 109 cm³/mol. The molecule has 29 heavy (non-hydrogen) atoms. The Kier molecular flexibility index (Phi) is 4.90. The Hall–Kier alpha value is -3.29. The quantitative estimate of drug-likeness (QED) is 0.832. The van der Waals surface area contributed by atoms with E-state index in [1.165, 1.54) is 36.3 Å². The number of hydrogen-bond acceptors (Lipinski definition) is 5. The highest BCUT2D eigenvalue weighted by molar-refractivity contribution is 6.04. The summed E-state index contributed by atoms with van der Waals surface area (Å²) in [5, 5.41) is 2.74. The summed E-state index contributed by atoms with van der Waals surface area (Å²) in [6.45, 7) is 6.84. The van der Waals surface area contributed by atoms with Crippen LogP contribution in [0.2, 0.25) is 0 Å². The number of nitrogens with zero attached hydrogens (tertiary/aromatic N) is 3. The van der Waals surface area contributed by atoms with Crippen molar-refractivity contribution < 1.29 is 14.0 Å². The molecule has 0 radical (unpaired) electrons. The number of pyridine rings is 1. The van der Waals surface area contributed by atoms with E-state index in [0.29, 0.717) is 5.69 Å². The van der Waals surface area contributed by atoms with Gasteiger partial charge in [0, 0.05) is 24.5 Å². The van der Waals surface area contributed by atoms with Crippen molar-refractivity contribution in [1.29, 1.82) is 0 Å². The second-order valence-corrected chi connectivity index (χ2v) is 7.85. The fraction of sp³-hybridized carbons (Fsp3) is 0.333. The predicted octanol–water partition coefficient (Wildman–Crippen LogP) is 2.81.